The highest BCUT2D eigenvalue weighted by atomic mass is 32.2. The van der Waals surface area contributed by atoms with E-state index in [0.717, 1.165) is 5.52 Å². The quantitative estimate of drug-likeness (QED) is 0.805. The van der Waals surface area contributed by atoms with E-state index in [-0.39, 0.29) is 21.8 Å². The van der Waals surface area contributed by atoms with Crippen molar-refractivity contribution in [1.82, 2.24) is 9.55 Å². The zero-order valence-corrected chi connectivity index (χ0v) is 13.1. The highest BCUT2D eigenvalue weighted by Gasteiger charge is 2.26. The fraction of sp³-hybridized carbons (Fsp3) is 0.188. The number of hydrogen-bond acceptors (Lipinski definition) is 4. The van der Waals surface area contributed by atoms with Crippen molar-refractivity contribution in [3.05, 3.63) is 48.5 Å². The third-order valence-electron chi connectivity index (χ3n) is 3.47. The Labute approximate surface area is 128 Å². The van der Waals surface area contributed by atoms with Crippen LogP contribution in [-0.2, 0) is 9.84 Å². The van der Waals surface area contributed by atoms with Crippen LogP contribution < -0.4 is 0 Å². The van der Waals surface area contributed by atoms with Gasteiger partial charge in [0.15, 0.2) is 0 Å². The highest BCUT2D eigenvalue weighted by molar-refractivity contribution is 7.91. The van der Waals surface area contributed by atoms with Crippen molar-refractivity contribution in [1.29, 1.82) is 0 Å². The van der Waals surface area contributed by atoms with Crippen molar-refractivity contribution in [3.63, 3.8) is 0 Å². The largest absolute Gasteiger partial charge is 0.508 e. The molecule has 6 heteroatoms. The predicted molar refractivity (Wildman–Crippen MR) is 83.7 cm³/mol. The average Bonchev–Trinajstić information content (AvgIpc) is 2.88. The minimum atomic E-state index is -3.75. The van der Waals surface area contributed by atoms with Crippen molar-refractivity contribution in [2.24, 2.45) is 0 Å². The normalized spacial score (nSPS) is 12.1. The lowest BCUT2D eigenvalue weighted by Crippen LogP contribution is -2.13. The summed E-state index contributed by atoms with van der Waals surface area (Å²) in [4.78, 5) is 4.43. The van der Waals surface area contributed by atoms with E-state index in [1.807, 2.05) is 32.0 Å². The van der Waals surface area contributed by atoms with Gasteiger partial charge in [0.25, 0.3) is 0 Å². The van der Waals surface area contributed by atoms with Crippen molar-refractivity contribution in [2.45, 2.75) is 29.9 Å². The van der Waals surface area contributed by atoms with Gasteiger partial charge in [-0.3, -0.25) is 0 Å². The fourth-order valence-corrected chi connectivity index (χ4v) is 3.93. The van der Waals surface area contributed by atoms with Crippen LogP contribution in [0.1, 0.15) is 19.9 Å². The van der Waals surface area contributed by atoms with Crippen molar-refractivity contribution in [2.75, 3.05) is 0 Å². The van der Waals surface area contributed by atoms with Gasteiger partial charge < -0.3 is 9.67 Å². The van der Waals surface area contributed by atoms with Gasteiger partial charge in [-0.25, -0.2) is 13.4 Å². The minimum Gasteiger partial charge on any atom is -0.508 e. The van der Waals surface area contributed by atoms with Crippen LogP contribution in [0.4, 0.5) is 0 Å². The summed E-state index contributed by atoms with van der Waals surface area (Å²) in [6.07, 6.45) is 0. The van der Waals surface area contributed by atoms with Gasteiger partial charge in [-0.2, -0.15) is 0 Å². The van der Waals surface area contributed by atoms with Gasteiger partial charge in [0.1, 0.15) is 5.75 Å². The van der Waals surface area contributed by atoms with E-state index >= 15 is 0 Å². The minimum absolute atomic E-state index is 0.0226. The number of sulfone groups is 1. The molecule has 0 atom stereocenters. The van der Waals surface area contributed by atoms with Crippen LogP contribution in [-0.4, -0.2) is 23.1 Å². The molecule has 0 saturated heterocycles. The molecule has 0 fully saturated rings. The number of fused-ring (bicyclic) bond motifs is 1. The summed E-state index contributed by atoms with van der Waals surface area (Å²) >= 11 is 0. The third-order valence-corrected chi connectivity index (χ3v) is 5.13. The zero-order chi connectivity index (χ0) is 15.9. The molecule has 22 heavy (non-hydrogen) atoms. The molecule has 0 bridgehead atoms. The predicted octanol–water partition coefficient (Wildman–Crippen LogP) is 3.16. The Morgan fingerprint density at radius 1 is 1.05 bits per heavy atom. The van der Waals surface area contributed by atoms with E-state index in [1.54, 1.807) is 10.6 Å². The zero-order valence-electron chi connectivity index (χ0n) is 12.3. The molecule has 0 spiro atoms. The molecule has 3 aromatic rings. The lowest BCUT2D eigenvalue weighted by atomic mass is 10.3. The first kappa shape index (κ1) is 14.6. The third kappa shape index (κ3) is 2.25. The first-order chi connectivity index (χ1) is 10.4. The van der Waals surface area contributed by atoms with Gasteiger partial charge in [0.05, 0.1) is 15.9 Å². The second-order valence-electron chi connectivity index (χ2n) is 5.34. The van der Waals surface area contributed by atoms with E-state index in [1.165, 1.54) is 24.3 Å². The van der Waals surface area contributed by atoms with E-state index in [2.05, 4.69) is 4.98 Å². The van der Waals surface area contributed by atoms with E-state index in [4.69, 9.17) is 0 Å². The van der Waals surface area contributed by atoms with E-state index in [0.29, 0.717) is 5.52 Å². The molecule has 0 aliphatic heterocycles. The molecule has 0 saturated carbocycles. The van der Waals surface area contributed by atoms with Crippen LogP contribution in [0.2, 0.25) is 0 Å². The summed E-state index contributed by atoms with van der Waals surface area (Å²) in [6.45, 7) is 3.84. The second kappa shape index (κ2) is 5.14. The Balaban J connectivity index is 2.29. The number of nitrogens with zero attached hydrogens (tertiary/aromatic N) is 2. The van der Waals surface area contributed by atoms with Gasteiger partial charge in [-0.15, -0.1) is 0 Å². The maximum Gasteiger partial charge on any atom is 0.240 e. The molecule has 2 aromatic carbocycles. The number of benzene rings is 2. The lowest BCUT2D eigenvalue weighted by molar-refractivity contribution is 0.474. The summed E-state index contributed by atoms with van der Waals surface area (Å²) in [6, 6.07) is 12.8. The molecular formula is C16H16N2O3S. The number of phenolic OH excluding ortho intramolecular Hbond substituents is 1. The summed E-state index contributed by atoms with van der Waals surface area (Å²) in [7, 11) is -3.75. The van der Waals surface area contributed by atoms with Crippen LogP contribution in [0, 0.1) is 0 Å². The van der Waals surface area contributed by atoms with Gasteiger partial charge in [0, 0.05) is 6.04 Å². The summed E-state index contributed by atoms with van der Waals surface area (Å²) in [5.74, 6) is 0.0244. The average molecular weight is 316 g/mol. The molecule has 0 unspecified atom stereocenters. The van der Waals surface area contributed by atoms with Gasteiger partial charge in [0.2, 0.25) is 15.0 Å². The Kier molecular flexibility index (Phi) is 3.41. The monoisotopic (exact) mass is 316 g/mol. The second-order valence-corrected chi connectivity index (χ2v) is 7.19. The number of phenols is 1. The Morgan fingerprint density at radius 2 is 1.68 bits per heavy atom. The number of imidazole rings is 1. The highest BCUT2D eigenvalue weighted by Crippen LogP contribution is 2.28. The number of hydrogen-bond donors (Lipinski definition) is 1. The Bertz CT molecular complexity index is 926. The molecule has 0 radical (unpaired) electrons. The molecule has 1 N–H and O–H groups in total. The van der Waals surface area contributed by atoms with Crippen molar-refractivity contribution >= 4 is 20.9 Å². The Hall–Kier alpha value is -2.34. The SMILES string of the molecule is CC(C)n1c(S(=O)(=O)c2ccc(O)cc2)nc2ccccc21. The van der Waals surface area contributed by atoms with Crippen molar-refractivity contribution < 1.29 is 13.5 Å². The summed E-state index contributed by atoms with van der Waals surface area (Å²) in [5, 5.41) is 9.36. The van der Waals surface area contributed by atoms with Crippen LogP contribution in [0.15, 0.2) is 58.6 Å². The molecule has 0 aliphatic rings. The van der Waals surface area contributed by atoms with Crippen LogP contribution in [0.25, 0.3) is 11.0 Å². The molecule has 1 aromatic heterocycles. The topological polar surface area (TPSA) is 72.2 Å². The van der Waals surface area contributed by atoms with Gasteiger partial charge in [-0.1, -0.05) is 12.1 Å². The molecule has 1 heterocycles. The number of rotatable bonds is 3. The number of para-hydroxylation sites is 2. The molecular weight excluding hydrogens is 300 g/mol. The number of aromatic hydroxyl groups is 1. The standard InChI is InChI=1S/C16H16N2O3S/c1-11(2)18-15-6-4-3-5-14(15)17-16(18)22(20,21)13-9-7-12(19)8-10-13/h3-11,19H,1-2H3. The smallest absolute Gasteiger partial charge is 0.240 e. The molecule has 3 rings (SSSR count). The van der Waals surface area contributed by atoms with Crippen LogP contribution in [0.3, 0.4) is 0 Å². The molecule has 114 valence electrons. The fourth-order valence-electron chi connectivity index (χ4n) is 2.44. The summed E-state index contributed by atoms with van der Waals surface area (Å²) < 4.78 is 27.5. The first-order valence-corrected chi connectivity index (χ1v) is 8.40. The molecule has 0 aliphatic carbocycles. The lowest BCUT2D eigenvalue weighted by Gasteiger charge is -2.13. The molecule has 5 nitrogen and oxygen atoms in total. The first-order valence-electron chi connectivity index (χ1n) is 6.92. The van der Waals surface area contributed by atoms with Crippen LogP contribution in [0.5, 0.6) is 5.75 Å². The Morgan fingerprint density at radius 3 is 2.32 bits per heavy atom. The maximum atomic E-state index is 12.9. The molecule has 0 amide bonds. The summed E-state index contributed by atoms with van der Waals surface area (Å²) in [5.41, 5.74) is 1.43. The van der Waals surface area contributed by atoms with Crippen LogP contribution >= 0.6 is 0 Å². The van der Waals surface area contributed by atoms with E-state index < -0.39 is 9.84 Å². The number of aromatic nitrogens is 2. The van der Waals surface area contributed by atoms with E-state index in [9.17, 15) is 13.5 Å². The van der Waals surface area contributed by atoms with Crippen molar-refractivity contribution in [3.8, 4) is 5.75 Å². The maximum absolute atomic E-state index is 12.9. The van der Waals surface area contributed by atoms with Gasteiger partial charge in [-0.05, 0) is 50.2 Å². The van der Waals surface area contributed by atoms with Gasteiger partial charge >= 0.3 is 0 Å².